The van der Waals surface area contributed by atoms with Crippen molar-refractivity contribution in [2.45, 2.75) is 32.6 Å². The topological polar surface area (TPSA) is 17.1 Å². The quantitative estimate of drug-likeness (QED) is 0.684. The molecule has 0 aliphatic heterocycles. The Morgan fingerprint density at radius 3 is 2.37 bits per heavy atom. The largest absolute Gasteiger partial charge is 0.294 e. The second-order valence-electron chi connectivity index (χ2n) is 4.85. The minimum Gasteiger partial charge on any atom is -0.294 e. The van der Waals surface area contributed by atoms with Gasteiger partial charge in [0, 0.05) is 12.0 Å². The third-order valence-corrected chi connectivity index (χ3v) is 3.31. The average Bonchev–Trinajstić information content (AvgIpc) is 2.46. The highest BCUT2D eigenvalue weighted by molar-refractivity contribution is 5.97. The summed E-state index contributed by atoms with van der Waals surface area (Å²) >= 11 is 0. The van der Waals surface area contributed by atoms with Crippen LogP contribution in [0.3, 0.4) is 0 Å². The van der Waals surface area contributed by atoms with Crippen LogP contribution >= 0.6 is 0 Å². The number of hydrogen-bond donors (Lipinski definition) is 0. The van der Waals surface area contributed by atoms with Gasteiger partial charge in [0.1, 0.15) is 0 Å². The van der Waals surface area contributed by atoms with Crippen molar-refractivity contribution in [2.24, 2.45) is 0 Å². The van der Waals surface area contributed by atoms with Crippen LogP contribution < -0.4 is 0 Å². The molecule has 0 unspecified atom stereocenters. The molecule has 0 atom stereocenters. The molecule has 2 aromatic rings. The van der Waals surface area contributed by atoms with E-state index in [0.717, 1.165) is 30.4 Å². The van der Waals surface area contributed by atoms with E-state index in [9.17, 15) is 4.79 Å². The zero-order valence-corrected chi connectivity index (χ0v) is 11.4. The highest BCUT2D eigenvalue weighted by Crippen LogP contribution is 2.17. The van der Waals surface area contributed by atoms with E-state index in [0.29, 0.717) is 6.42 Å². The van der Waals surface area contributed by atoms with Gasteiger partial charge in [0.05, 0.1) is 0 Å². The van der Waals surface area contributed by atoms with Crippen molar-refractivity contribution in [3.63, 3.8) is 0 Å². The molecule has 2 aromatic carbocycles. The first kappa shape index (κ1) is 13.5. The Morgan fingerprint density at radius 1 is 0.947 bits per heavy atom. The van der Waals surface area contributed by atoms with Crippen molar-refractivity contribution < 1.29 is 4.79 Å². The average molecular weight is 252 g/mol. The molecule has 0 amide bonds. The zero-order valence-electron chi connectivity index (χ0n) is 11.4. The highest BCUT2D eigenvalue weighted by atomic mass is 16.1. The molecule has 98 valence electrons. The fourth-order valence-electron chi connectivity index (χ4n) is 2.23. The smallest absolute Gasteiger partial charge is 0.163 e. The van der Waals surface area contributed by atoms with E-state index in [1.165, 1.54) is 5.56 Å². The van der Waals surface area contributed by atoms with Crippen molar-refractivity contribution in [2.75, 3.05) is 0 Å². The maximum Gasteiger partial charge on any atom is 0.163 e. The number of hydrogen-bond acceptors (Lipinski definition) is 1. The molecule has 0 aliphatic carbocycles. The Labute approximate surface area is 115 Å². The van der Waals surface area contributed by atoms with Gasteiger partial charge in [-0.05, 0) is 24.0 Å². The van der Waals surface area contributed by atoms with E-state index >= 15 is 0 Å². The van der Waals surface area contributed by atoms with Gasteiger partial charge in [-0.2, -0.15) is 0 Å². The first-order valence-corrected chi connectivity index (χ1v) is 6.96. The molecule has 0 radical (unpaired) electrons. The molecule has 1 heteroatoms. The van der Waals surface area contributed by atoms with E-state index in [2.05, 4.69) is 25.1 Å². The van der Waals surface area contributed by atoms with Gasteiger partial charge in [-0.25, -0.2) is 0 Å². The van der Waals surface area contributed by atoms with Crippen LogP contribution in [0, 0.1) is 0 Å². The molecular formula is C18H20O. The molecule has 2 rings (SSSR count). The van der Waals surface area contributed by atoms with Gasteiger partial charge in [-0.3, -0.25) is 4.79 Å². The van der Waals surface area contributed by atoms with Crippen molar-refractivity contribution in [1.82, 2.24) is 0 Å². The maximum absolute atomic E-state index is 12.2. The first-order chi connectivity index (χ1) is 9.31. The third-order valence-electron chi connectivity index (χ3n) is 3.31. The second kappa shape index (κ2) is 6.89. The molecule has 0 heterocycles. The number of carbonyl (C=O) groups excluding carboxylic acids is 1. The summed E-state index contributed by atoms with van der Waals surface area (Å²) in [5.74, 6) is 0.272. The number of benzene rings is 2. The lowest BCUT2D eigenvalue weighted by Gasteiger charge is -2.08. The summed E-state index contributed by atoms with van der Waals surface area (Å²) in [4.78, 5) is 12.2. The van der Waals surface area contributed by atoms with Crippen molar-refractivity contribution >= 4 is 5.78 Å². The van der Waals surface area contributed by atoms with Gasteiger partial charge >= 0.3 is 0 Å². The molecule has 1 nitrogen and oxygen atoms in total. The monoisotopic (exact) mass is 252 g/mol. The minimum absolute atomic E-state index is 0.272. The normalized spacial score (nSPS) is 10.4. The Bertz CT molecular complexity index is 528. The molecule has 0 spiro atoms. The number of carbonyl (C=O) groups is 1. The number of Topliss-reactive ketones (excluding diaryl/α,β-unsaturated/α-hetero) is 1. The van der Waals surface area contributed by atoms with E-state index in [1.807, 2.05) is 36.4 Å². The number of ketones is 1. The summed E-state index contributed by atoms with van der Waals surface area (Å²) in [5, 5.41) is 0. The zero-order chi connectivity index (χ0) is 13.5. The molecule has 0 saturated heterocycles. The molecule has 0 N–H and O–H groups in total. The van der Waals surface area contributed by atoms with Crippen LogP contribution in [0.2, 0.25) is 0 Å². The molecule has 19 heavy (non-hydrogen) atoms. The predicted molar refractivity (Wildman–Crippen MR) is 79.5 cm³/mol. The van der Waals surface area contributed by atoms with Gasteiger partial charge in [0.2, 0.25) is 0 Å². The summed E-state index contributed by atoms with van der Waals surface area (Å²) < 4.78 is 0. The lowest BCUT2D eigenvalue weighted by molar-refractivity contribution is 0.0979. The Balaban J connectivity index is 2.19. The van der Waals surface area contributed by atoms with Crippen LogP contribution in [0.5, 0.6) is 0 Å². The van der Waals surface area contributed by atoms with E-state index < -0.39 is 0 Å². The fraction of sp³-hybridized carbons (Fsp3) is 0.278. The van der Waals surface area contributed by atoms with Crippen LogP contribution in [0.15, 0.2) is 54.6 Å². The standard InChI is InChI=1S/C18H20O/c1-2-3-13-18(19)17-12-8-7-11-16(17)14-15-9-5-4-6-10-15/h4-12H,2-3,13-14H2,1H3. The van der Waals surface area contributed by atoms with Gasteiger partial charge < -0.3 is 0 Å². The van der Waals surface area contributed by atoms with Crippen LogP contribution in [-0.4, -0.2) is 5.78 Å². The molecule has 0 aliphatic rings. The lowest BCUT2D eigenvalue weighted by Crippen LogP contribution is -2.04. The predicted octanol–water partition coefficient (Wildman–Crippen LogP) is 4.65. The van der Waals surface area contributed by atoms with E-state index in [4.69, 9.17) is 0 Å². The number of unbranched alkanes of at least 4 members (excludes halogenated alkanes) is 1. The SMILES string of the molecule is CCCCC(=O)c1ccccc1Cc1ccccc1. The Hall–Kier alpha value is -1.89. The maximum atomic E-state index is 12.2. The summed E-state index contributed by atoms with van der Waals surface area (Å²) in [6, 6.07) is 18.3. The summed E-state index contributed by atoms with van der Waals surface area (Å²) in [7, 11) is 0. The molecule has 0 saturated carbocycles. The lowest BCUT2D eigenvalue weighted by atomic mass is 9.95. The van der Waals surface area contributed by atoms with E-state index in [1.54, 1.807) is 0 Å². The summed E-state index contributed by atoms with van der Waals surface area (Å²) in [5.41, 5.74) is 3.27. The van der Waals surface area contributed by atoms with E-state index in [-0.39, 0.29) is 5.78 Å². The highest BCUT2D eigenvalue weighted by Gasteiger charge is 2.10. The second-order valence-corrected chi connectivity index (χ2v) is 4.85. The molecular weight excluding hydrogens is 232 g/mol. The van der Waals surface area contributed by atoms with Crippen LogP contribution in [0.25, 0.3) is 0 Å². The molecule has 0 bridgehead atoms. The van der Waals surface area contributed by atoms with Crippen molar-refractivity contribution in [3.8, 4) is 0 Å². The van der Waals surface area contributed by atoms with Crippen LogP contribution in [0.1, 0.15) is 47.7 Å². The van der Waals surface area contributed by atoms with Crippen LogP contribution in [-0.2, 0) is 6.42 Å². The van der Waals surface area contributed by atoms with Gasteiger partial charge in [0.15, 0.2) is 5.78 Å². The minimum atomic E-state index is 0.272. The van der Waals surface area contributed by atoms with Crippen molar-refractivity contribution in [1.29, 1.82) is 0 Å². The molecule has 0 aromatic heterocycles. The Kier molecular flexibility index (Phi) is 4.91. The summed E-state index contributed by atoms with van der Waals surface area (Å²) in [6.45, 7) is 2.11. The summed E-state index contributed by atoms with van der Waals surface area (Å²) in [6.07, 6.45) is 3.52. The molecule has 0 fully saturated rings. The van der Waals surface area contributed by atoms with Crippen LogP contribution in [0.4, 0.5) is 0 Å². The van der Waals surface area contributed by atoms with Gasteiger partial charge in [0.25, 0.3) is 0 Å². The van der Waals surface area contributed by atoms with Crippen molar-refractivity contribution in [3.05, 3.63) is 71.3 Å². The fourth-order valence-corrected chi connectivity index (χ4v) is 2.23. The third kappa shape index (κ3) is 3.78. The van der Waals surface area contributed by atoms with Gasteiger partial charge in [-0.15, -0.1) is 0 Å². The Morgan fingerprint density at radius 2 is 1.63 bits per heavy atom. The number of rotatable bonds is 6. The first-order valence-electron chi connectivity index (χ1n) is 6.96. The van der Waals surface area contributed by atoms with Gasteiger partial charge in [-0.1, -0.05) is 67.9 Å².